The van der Waals surface area contributed by atoms with Gasteiger partial charge in [-0.1, -0.05) is 0 Å². The molecule has 96 valence electrons. The van der Waals surface area contributed by atoms with E-state index in [-0.39, 0.29) is 0 Å². The summed E-state index contributed by atoms with van der Waals surface area (Å²) in [5.74, 6) is 1.22. The number of thiophene rings is 1. The molecule has 5 nitrogen and oxygen atoms in total. The van der Waals surface area contributed by atoms with Crippen LogP contribution in [-0.4, -0.2) is 41.0 Å². The van der Waals surface area contributed by atoms with E-state index in [9.17, 15) is 0 Å². The Morgan fingerprint density at radius 1 is 1.50 bits per heavy atom. The van der Waals surface area contributed by atoms with Gasteiger partial charge < -0.3 is 16.0 Å². The second kappa shape index (κ2) is 4.37. The Morgan fingerprint density at radius 2 is 2.33 bits per heavy atom. The van der Waals surface area contributed by atoms with Crippen molar-refractivity contribution < 1.29 is 0 Å². The lowest BCUT2D eigenvalue weighted by Gasteiger charge is -2.14. The van der Waals surface area contributed by atoms with Gasteiger partial charge in [-0.2, -0.15) is 4.98 Å². The van der Waals surface area contributed by atoms with E-state index >= 15 is 0 Å². The Kier molecular flexibility index (Phi) is 2.83. The molecule has 2 aromatic heterocycles. The van der Waals surface area contributed by atoms with Gasteiger partial charge in [0.05, 0.1) is 5.39 Å². The van der Waals surface area contributed by atoms with Crippen LogP contribution in [0.2, 0.25) is 0 Å². The summed E-state index contributed by atoms with van der Waals surface area (Å²) < 4.78 is 0. The quantitative estimate of drug-likeness (QED) is 0.863. The van der Waals surface area contributed by atoms with Gasteiger partial charge in [0, 0.05) is 17.5 Å². The molecule has 1 aliphatic heterocycles. The molecule has 0 aromatic carbocycles. The molecular weight excluding hydrogens is 246 g/mol. The van der Waals surface area contributed by atoms with Gasteiger partial charge in [0.25, 0.3) is 0 Å². The Balaban J connectivity index is 1.95. The summed E-state index contributed by atoms with van der Waals surface area (Å²) in [6.07, 6.45) is 1.14. The Morgan fingerprint density at radius 3 is 3.06 bits per heavy atom. The van der Waals surface area contributed by atoms with E-state index in [0.29, 0.717) is 12.0 Å². The van der Waals surface area contributed by atoms with E-state index in [2.05, 4.69) is 40.2 Å². The van der Waals surface area contributed by atoms with Crippen molar-refractivity contribution in [3.63, 3.8) is 0 Å². The highest BCUT2D eigenvalue weighted by Gasteiger charge is 2.21. The fourth-order valence-electron chi connectivity index (χ4n) is 2.41. The first-order chi connectivity index (χ1) is 8.61. The number of nitrogens with one attached hydrogen (secondary N) is 1. The number of aromatic nitrogens is 2. The number of likely N-dealkylation sites (N-methyl/N-ethyl adjacent to an activating group) is 1. The minimum absolute atomic E-state index is 0.346. The minimum Gasteiger partial charge on any atom is -0.368 e. The van der Waals surface area contributed by atoms with Crippen molar-refractivity contribution in [1.29, 1.82) is 0 Å². The summed E-state index contributed by atoms with van der Waals surface area (Å²) in [6, 6.07) is 2.58. The van der Waals surface area contributed by atoms with Crippen LogP contribution in [0.1, 0.15) is 11.3 Å². The molecule has 3 rings (SSSR count). The molecule has 0 amide bonds. The topological polar surface area (TPSA) is 67.1 Å². The molecule has 1 atom stereocenters. The van der Waals surface area contributed by atoms with Crippen molar-refractivity contribution >= 4 is 33.3 Å². The maximum absolute atomic E-state index is 5.77. The lowest BCUT2D eigenvalue weighted by Crippen LogP contribution is -2.24. The predicted octanol–water partition coefficient (Wildman–Crippen LogP) is 1.70. The van der Waals surface area contributed by atoms with Gasteiger partial charge in [0.15, 0.2) is 0 Å². The fraction of sp³-hybridized carbons (Fsp3) is 0.500. The zero-order valence-electron chi connectivity index (χ0n) is 10.6. The molecule has 1 saturated heterocycles. The van der Waals surface area contributed by atoms with Crippen molar-refractivity contribution in [2.45, 2.75) is 19.4 Å². The molecule has 3 heterocycles. The first-order valence-corrected chi connectivity index (χ1v) is 6.92. The molecule has 0 radical (unpaired) electrons. The minimum atomic E-state index is 0.346. The number of nitrogen functional groups attached to an aromatic ring is 1. The molecule has 0 bridgehead atoms. The number of rotatable bonds is 2. The van der Waals surface area contributed by atoms with Gasteiger partial charge in [-0.3, -0.25) is 0 Å². The number of nitrogens with two attached hydrogens (primary N) is 1. The van der Waals surface area contributed by atoms with E-state index in [1.54, 1.807) is 11.3 Å². The van der Waals surface area contributed by atoms with Crippen molar-refractivity contribution in [2.75, 3.05) is 31.2 Å². The standard InChI is InChI=1S/C12H17N5S/c1-7-5-9-10(14-8-3-4-17(2)6-8)15-12(13)16-11(9)18-7/h5,8H,3-4,6H2,1-2H3,(H3,13,14,15,16). The first kappa shape index (κ1) is 11.7. The summed E-state index contributed by atoms with van der Waals surface area (Å²) in [5, 5.41) is 4.59. The molecule has 1 fully saturated rings. The normalized spacial score (nSPS) is 20.7. The molecule has 0 aliphatic carbocycles. The second-order valence-electron chi connectivity index (χ2n) is 4.90. The van der Waals surface area contributed by atoms with Gasteiger partial charge >= 0.3 is 0 Å². The third-order valence-electron chi connectivity index (χ3n) is 3.27. The van der Waals surface area contributed by atoms with Crippen LogP contribution in [0.25, 0.3) is 10.2 Å². The van der Waals surface area contributed by atoms with Crippen LogP contribution in [0.3, 0.4) is 0 Å². The molecule has 1 unspecified atom stereocenters. The first-order valence-electron chi connectivity index (χ1n) is 6.10. The van der Waals surface area contributed by atoms with Crippen molar-refractivity contribution in [3.8, 4) is 0 Å². The molecule has 6 heteroatoms. The average molecular weight is 263 g/mol. The number of hydrogen-bond acceptors (Lipinski definition) is 6. The maximum Gasteiger partial charge on any atom is 0.223 e. The summed E-state index contributed by atoms with van der Waals surface area (Å²) in [7, 11) is 2.14. The summed E-state index contributed by atoms with van der Waals surface area (Å²) in [5.41, 5.74) is 5.77. The highest BCUT2D eigenvalue weighted by atomic mass is 32.1. The van der Waals surface area contributed by atoms with Crippen LogP contribution < -0.4 is 11.1 Å². The highest BCUT2D eigenvalue weighted by Crippen LogP contribution is 2.29. The van der Waals surface area contributed by atoms with E-state index in [4.69, 9.17) is 5.73 Å². The lowest BCUT2D eigenvalue weighted by atomic mass is 10.2. The fourth-order valence-corrected chi connectivity index (χ4v) is 3.30. The molecule has 1 aliphatic rings. The molecule has 3 N–H and O–H groups in total. The second-order valence-corrected chi connectivity index (χ2v) is 6.13. The van der Waals surface area contributed by atoms with Crippen LogP contribution in [0, 0.1) is 6.92 Å². The Bertz CT molecular complexity index is 579. The van der Waals surface area contributed by atoms with Gasteiger partial charge in [-0.25, -0.2) is 4.98 Å². The number of fused-ring (bicyclic) bond motifs is 1. The van der Waals surface area contributed by atoms with Crippen molar-refractivity contribution in [2.24, 2.45) is 0 Å². The summed E-state index contributed by atoms with van der Waals surface area (Å²) in [6.45, 7) is 4.26. The maximum atomic E-state index is 5.77. The zero-order chi connectivity index (χ0) is 12.7. The van der Waals surface area contributed by atoms with Crippen LogP contribution >= 0.6 is 11.3 Å². The third-order valence-corrected chi connectivity index (χ3v) is 4.21. The molecule has 2 aromatic rings. The number of likely N-dealkylation sites (tertiary alicyclic amines) is 1. The van der Waals surface area contributed by atoms with Crippen LogP contribution in [0.15, 0.2) is 6.07 Å². The summed E-state index contributed by atoms with van der Waals surface area (Å²) >= 11 is 1.66. The SMILES string of the molecule is Cc1cc2c(NC3CCN(C)C3)nc(N)nc2s1. The zero-order valence-corrected chi connectivity index (χ0v) is 11.4. The van der Waals surface area contributed by atoms with E-state index in [0.717, 1.165) is 35.5 Å². The summed E-state index contributed by atoms with van der Waals surface area (Å²) in [4.78, 5) is 13.1. The molecular formula is C12H17N5S. The molecule has 0 spiro atoms. The Hall–Kier alpha value is -1.40. The van der Waals surface area contributed by atoms with Crippen molar-refractivity contribution in [3.05, 3.63) is 10.9 Å². The number of nitrogens with zero attached hydrogens (tertiary/aromatic N) is 3. The predicted molar refractivity (Wildman–Crippen MR) is 76.1 cm³/mol. The van der Waals surface area contributed by atoms with Gasteiger partial charge in [0.2, 0.25) is 5.95 Å². The van der Waals surface area contributed by atoms with Crippen molar-refractivity contribution in [1.82, 2.24) is 14.9 Å². The highest BCUT2D eigenvalue weighted by molar-refractivity contribution is 7.18. The molecule has 18 heavy (non-hydrogen) atoms. The monoisotopic (exact) mass is 263 g/mol. The number of aryl methyl sites for hydroxylation is 1. The lowest BCUT2D eigenvalue weighted by molar-refractivity contribution is 0.414. The number of hydrogen-bond donors (Lipinski definition) is 2. The third kappa shape index (κ3) is 2.13. The van der Waals surface area contributed by atoms with E-state index in [1.165, 1.54) is 4.88 Å². The van der Waals surface area contributed by atoms with Crippen LogP contribution in [-0.2, 0) is 0 Å². The smallest absolute Gasteiger partial charge is 0.223 e. The largest absolute Gasteiger partial charge is 0.368 e. The van der Waals surface area contributed by atoms with E-state index < -0.39 is 0 Å². The van der Waals surface area contributed by atoms with Gasteiger partial charge in [0.1, 0.15) is 10.6 Å². The van der Waals surface area contributed by atoms with E-state index in [1.807, 2.05) is 0 Å². The van der Waals surface area contributed by atoms with Crippen LogP contribution in [0.5, 0.6) is 0 Å². The van der Waals surface area contributed by atoms with Gasteiger partial charge in [-0.15, -0.1) is 11.3 Å². The molecule has 0 saturated carbocycles. The Labute approximate surface area is 110 Å². The number of anilines is 2. The van der Waals surface area contributed by atoms with Crippen LogP contribution in [0.4, 0.5) is 11.8 Å². The average Bonchev–Trinajstić information content (AvgIpc) is 2.84. The van der Waals surface area contributed by atoms with Gasteiger partial charge in [-0.05, 0) is 33.0 Å².